The van der Waals surface area contributed by atoms with Gasteiger partial charge in [0.05, 0.1) is 20.2 Å². The fraction of sp³-hybridized carbons (Fsp3) is 0. The number of pyridine rings is 1. The summed E-state index contributed by atoms with van der Waals surface area (Å²) in [5, 5.41) is 7.05. The van der Waals surface area contributed by atoms with Gasteiger partial charge in [0.1, 0.15) is 6.20 Å². The van der Waals surface area contributed by atoms with E-state index in [1.54, 1.807) is 0 Å². The number of primary amides is 1. The smallest absolute Gasteiger partial charge is 0.250 e. The van der Waals surface area contributed by atoms with E-state index in [1.807, 2.05) is 30.3 Å². The van der Waals surface area contributed by atoms with Crippen LogP contribution in [-0.4, -0.2) is 21.1 Å². The van der Waals surface area contributed by atoms with Crippen molar-refractivity contribution in [1.82, 2.24) is 15.2 Å². The Bertz CT molecular complexity index is 767. The molecule has 1 aromatic carbocycles. The number of benzene rings is 1. The van der Waals surface area contributed by atoms with Gasteiger partial charge in [0, 0.05) is 5.56 Å². The number of nitrogens with one attached hydrogen (secondary N) is 1. The molecular formula is C13H8IN4O. The number of aromatic amines is 1. The number of fused-ring (bicyclic) bond motifs is 1. The van der Waals surface area contributed by atoms with Crippen molar-refractivity contribution in [2.45, 2.75) is 0 Å². The molecule has 0 unspecified atom stereocenters. The standard InChI is InChI=1S/C13H8IN4O/c14-10-9(12(15)19)8-6-16-18-13(8)17-11(10)7-4-2-1-3-5-7/h1-5H,(H2,15,19)(H,16,17,18). The van der Waals surface area contributed by atoms with E-state index in [-0.39, 0.29) is 0 Å². The molecule has 1 amide bonds. The van der Waals surface area contributed by atoms with Crippen LogP contribution in [0.2, 0.25) is 0 Å². The number of nitrogens with zero attached hydrogens (tertiary/aromatic N) is 2. The normalized spacial score (nSPS) is 10.8. The van der Waals surface area contributed by atoms with Crippen LogP contribution in [-0.2, 0) is 0 Å². The van der Waals surface area contributed by atoms with E-state index in [2.05, 4.69) is 44.0 Å². The number of H-pyrrole nitrogens is 1. The highest BCUT2D eigenvalue weighted by Crippen LogP contribution is 2.29. The van der Waals surface area contributed by atoms with Gasteiger partial charge in [-0.25, -0.2) is 4.98 Å². The van der Waals surface area contributed by atoms with Crippen LogP contribution in [0.25, 0.3) is 22.3 Å². The molecule has 0 atom stereocenters. The van der Waals surface area contributed by atoms with Crippen molar-refractivity contribution in [2.24, 2.45) is 5.73 Å². The van der Waals surface area contributed by atoms with Crippen molar-refractivity contribution in [3.05, 3.63) is 45.7 Å². The fourth-order valence-corrected chi connectivity index (χ4v) is 2.88. The average Bonchev–Trinajstić information content (AvgIpc) is 2.86. The first-order valence-corrected chi connectivity index (χ1v) is 6.57. The molecule has 19 heavy (non-hydrogen) atoms. The second-order valence-electron chi connectivity index (χ2n) is 3.94. The molecule has 0 aliphatic heterocycles. The van der Waals surface area contributed by atoms with Gasteiger partial charge in [0.15, 0.2) is 5.65 Å². The van der Waals surface area contributed by atoms with Crippen LogP contribution in [0.4, 0.5) is 0 Å². The Balaban J connectivity index is 2.38. The molecule has 0 aliphatic rings. The van der Waals surface area contributed by atoms with E-state index >= 15 is 0 Å². The molecule has 0 aliphatic carbocycles. The third-order valence-electron chi connectivity index (χ3n) is 2.76. The minimum atomic E-state index is -0.508. The fourth-order valence-electron chi connectivity index (χ4n) is 1.91. The molecule has 0 saturated heterocycles. The summed E-state index contributed by atoms with van der Waals surface area (Å²) in [5.74, 6) is -0.508. The Morgan fingerprint density at radius 2 is 2.05 bits per heavy atom. The minimum Gasteiger partial charge on any atom is -0.366 e. The van der Waals surface area contributed by atoms with Crippen LogP contribution < -0.4 is 5.73 Å². The molecule has 0 spiro atoms. The van der Waals surface area contributed by atoms with Crippen molar-refractivity contribution in [2.75, 3.05) is 0 Å². The van der Waals surface area contributed by atoms with Crippen LogP contribution in [0.3, 0.4) is 0 Å². The van der Waals surface area contributed by atoms with Crippen LogP contribution >= 0.6 is 22.6 Å². The topological polar surface area (TPSA) is 84.7 Å². The number of carbonyl (C=O) groups is 1. The molecule has 5 nitrogen and oxygen atoms in total. The molecular weight excluding hydrogens is 355 g/mol. The average molecular weight is 363 g/mol. The van der Waals surface area contributed by atoms with Gasteiger partial charge in [-0.2, -0.15) is 5.10 Å². The molecule has 6 heteroatoms. The number of aromatic nitrogens is 3. The quantitative estimate of drug-likeness (QED) is 0.684. The summed E-state index contributed by atoms with van der Waals surface area (Å²) in [4.78, 5) is 16.1. The van der Waals surface area contributed by atoms with E-state index in [0.717, 1.165) is 5.56 Å². The monoisotopic (exact) mass is 363 g/mol. The second kappa shape index (κ2) is 4.61. The molecule has 2 heterocycles. The first-order chi connectivity index (χ1) is 9.18. The molecule has 3 N–H and O–H groups in total. The molecule has 3 aromatic rings. The van der Waals surface area contributed by atoms with E-state index < -0.39 is 5.91 Å². The summed E-state index contributed by atoms with van der Waals surface area (Å²) in [6, 6.07) is 9.62. The number of hydrogen-bond donors (Lipinski definition) is 2. The van der Waals surface area contributed by atoms with Gasteiger partial charge in [0.25, 0.3) is 5.91 Å². The summed E-state index contributed by atoms with van der Waals surface area (Å²) in [7, 11) is 0. The Morgan fingerprint density at radius 1 is 1.32 bits per heavy atom. The van der Waals surface area contributed by atoms with Crippen molar-refractivity contribution < 1.29 is 4.79 Å². The molecule has 93 valence electrons. The van der Waals surface area contributed by atoms with Crippen LogP contribution in [0, 0.1) is 9.77 Å². The first kappa shape index (κ1) is 12.1. The lowest BCUT2D eigenvalue weighted by atomic mass is 10.1. The summed E-state index contributed by atoms with van der Waals surface area (Å²) >= 11 is 2.08. The molecule has 0 saturated carbocycles. The maximum atomic E-state index is 11.6. The lowest BCUT2D eigenvalue weighted by Gasteiger charge is -2.08. The summed E-state index contributed by atoms with van der Waals surface area (Å²) in [6.07, 6.45) is 2.72. The van der Waals surface area contributed by atoms with Crippen molar-refractivity contribution in [3.8, 4) is 11.3 Å². The summed E-state index contributed by atoms with van der Waals surface area (Å²) in [5.41, 5.74) is 7.99. The molecule has 0 bridgehead atoms. The number of halogens is 1. The van der Waals surface area contributed by atoms with Crippen molar-refractivity contribution >= 4 is 39.5 Å². The third-order valence-corrected chi connectivity index (χ3v) is 3.81. The number of carbonyl (C=O) groups excluding carboxylic acids is 1. The van der Waals surface area contributed by atoms with Gasteiger partial charge in [0.2, 0.25) is 0 Å². The molecule has 2 aromatic heterocycles. The number of amides is 1. The predicted molar refractivity (Wildman–Crippen MR) is 79.4 cm³/mol. The van der Waals surface area contributed by atoms with E-state index in [1.165, 1.54) is 0 Å². The van der Waals surface area contributed by atoms with Crippen LogP contribution in [0.5, 0.6) is 0 Å². The van der Waals surface area contributed by atoms with Gasteiger partial charge in [-0.15, -0.1) is 0 Å². The highest BCUT2D eigenvalue weighted by Gasteiger charge is 2.19. The zero-order valence-corrected chi connectivity index (χ0v) is 11.8. The number of hydrogen-bond acceptors (Lipinski definition) is 3. The Kier molecular flexibility index (Phi) is 2.94. The van der Waals surface area contributed by atoms with Crippen LogP contribution in [0.1, 0.15) is 10.4 Å². The lowest BCUT2D eigenvalue weighted by Crippen LogP contribution is -2.14. The first-order valence-electron chi connectivity index (χ1n) is 5.49. The van der Waals surface area contributed by atoms with Gasteiger partial charge in [-0.3, -0.25) is 9.89 Å². The van der Waals surface area contributed by atoms with Crippen LogP contribution in [0.15, 0.2) is 30.3 Å². The minimum absolute atomic E-state index is 0.401. The third kappa shape index (κ3) is 1.97. The van der Waals surface area contributed by atoms with E-state index in [9.17, 15) is 4.79 Å². The predicted octanol–water partition coefficient (Wildman–Crippen LogP) is 2.13. The Hall–Kier alpha value is -1.96. The number of rotatable bonds is 2. The SMILES string of the molecule is NC(=O)c1c(I)c(-c2ccccc2)nc2[nH]n[c]c12. The number of nitrogens with two attached hydrogens (primary N) is 1. The highest BCUT2D eigenvalue weighted by molar-refractivity contribution is 14.1. The van der Waals surface area contributed by atoms with Gasteiger partial charge >= 0.3 is 0 Å². The van der Waals surface area contributed by atoms with Gasteiger partial charge in [-0.1, -0.05) is 30.3 Å². The largest absolute Gasteiger partial charge is 0.366 e. The van der Waals surface area contributed by atoms with E-state index in [0.29, 0.717) is 25.9 Å². The molecule has 0 fully saturated rings. The maximum Gasteiger partial charge on any atom is 0.250 e. The second-order valence-corrected chi connectivity index (χ2v) is 5.02. The zero-order chi connectivity index (χ0) is 13.4. The Morgan fingerprint density at radius 3 is 2.74 bits per heavy atom. The maximum absolute atomic E-state index is 11.6. The highest BCUT2D eigenvalue weighted by atomic mass is 127. The van der Waals surface area contributed by atoms with E-state index in [4.69, 9.17) is 5.73 Å². The zero-order valence-electron chi connectivity index (χ0n) is 9.64. The summed E-state index contributed by atoms with van der Waals surface area (Å²) in [6.45, 7) is 0. The lowest BCUT2D eigenvalue weighted by molar-refractivity contribution is 0.100. The van der Waals surface area contributed by atoms with Crippen molar-refractivity contribution in [3.63, 3.8) is 0 Å². The molecule has 3 rings (SSSR count). The molecule has 1 radical (unpaired) electrons. The van der Waals surface area contributed by atoms with Crippen molar-refractivity contribution in [1.29, 1.82) is 0 Å². The van der Waals surface area contributed by atoms with Gasteiger partial charge < -0.3 is 5.73 Å². The summed E-state index contributed by atoms with van der Waals surface area (Å²) < 4.78 is 0.710. The van der Waals surface area contributed by atoms with Gasteiger partial charge in [-0.05, 0) is 22.6 Å². The Labute approximate surface area is 122 Å².